The molecule has 5 atom stereocenters. The van der Waals surface area contributed by atoms with E-state index in [9.17, 15) is 33.9 Å². The summed E-state index contributed by atoms with van der Waals surface area (Å²) in [6, 6.07) is -3.08. The van der Waals surface area contributed by atoms with Crippen LogP contribution in [0.15, 0.2) is 4.99 Å². The van der Waals surface area contributed by atoms with E-state index < -0.39 is 54.0 Å². The Balaban J connectivity index is 6.01. The molecule has 0 heterocycles. The maximum Gasteiger partial charge on any atom is 0.305 e. The second-order valence-electron chi connectivity index (χ2n) is 10.7. The van der Waals surface area contributed by atoms with Crippen LogP contribution < -0.4 is 22.1 Å². The summed E-state index contributed by atoms with van der Waals surface area (Å²) in [6.45, 7) is 10.3. The molecule has 0 saturated carbocycles. The second-order valence-corrected chi connectivity index (χ2v) is 10.7. The number of carboxylic acid groups (broad SMARTS) is 1. The van der Waals surface area contributed by atoms with Crippen LogP contribution in [0.25, 0.3) is 0 Å². The Labute approximate surface area is 236 Å². The third-order valence-electron chi connectivity index (χ3n) is 6.82. The summed E-state index contributed by atoms with van der Waals surface area (Å²) >= 11 is 0. The van der Waals surface area contributed by atoms with E-state index in [2.05, 4.69) is 15.6 Å². The molecule has 0 aromatic heterocycles. The van der Waals surface area contributed by atoms with E-state index in [1.807, 2.05) is 27.7 Å². The molecule has 1 unspecified atom stereocenters. The first-order valence-corrected chi connectivity index (χ1v) is 13.7. The van der Waals surface area contributed by atoms with Crippen LogP contribution in [0.3, 0.4) is 0 Å². The van der Waals surface area contributed by atoms with Crippen LogP contribution in [-0.4, -0.2) is 82.9 Å². The van der Waals surface area contributed by atoms with Gasteiger partial charge in [0.25, 0.3) is 0 Å². The molecular weight excluding hydrogens is 520 g/mol. The molecule has 0 spiro atoms. The monoisotopic (exact) mass is 568 g/mol. The third kappa shape index (κ3) is 13.5. The summed E-state index contributed by atoms with van der Waals surface area (Å²) in [4.78, 5) is 80.6. The number of carboxylic acids is 1. The van der Waals surface area contributed by atoms with Gasteiger partial charge < -0.3 is 32.1 Å². The number of nitrogens with zero attached hydrogens (tertiary/aromatic N) is 2. The number of ketones is 2. The summed E-state index contributed by atoms with van der Waals surface area (Å²) in [5.74, 6) is -4.92. The van der Waals surface area contributed by atoms with Crippen LogP contribution in [0, 0.1) is 17.8 Å². The van der Waals surface area contributed by atoms with Crippen LogP contribution in [-0.2, 0) is 28.8 Å². The van der Waals surface area contributed by atoms with Crippen molar-refractivity contribution < 1.29 is 33.9 Å². The lowest BCUT2D eigenvalue weighted by atomic mass is 9.90. The molecule has 0 bridgehead atoms. The van der Waals surface area contributed by atoms with Gasteiger partial charge in [-0.2, -0.15) is 0 Å². The molecule has 0 aliphatic rings. The number of nitrogens with two attached hydrogens (primary N) is 2. The number of hydrogen-bond donors (Lipinski definition) is 5. The number of amides is 3. The van der Waals surface area contributed by atoms with Crippen molar-refractivity contribution >= 4 is 41.2 Å². The minimum absolute atomic E-state index is 0.0317. The van der Waals surface area contributed by atoms with Crippen molar-refractivity contribution in [2.75, 3.05) is 13.6 Å². The first-order chi connectivity index (χ1) is 18.5. The van der Waals surface area contributed by atoms with E-state index in [1.54, 1.807) is 0 Å². The largest absolute Gasteiger partial charge is 0.481 e. The number of carbonyl (C=O) groups is 6. The van der Waals surface area contributed by atoms with Gasteiger partial charge in [0, 0.05) is 32.9 Å². The number of rotatable bonds is 19. The van der Waals surface area contributed by atoms with Gasteiger partial charge in [0.2, 0.25) is 17.7 Å². The molecule has 228 valence electrons. The molecule has 0 radical (unpaired) electrons. The molecule has 0 rings (SSSR count). The standard InChI is InChI=1S/C27H48N6O7/c1-8-16(4)24(17(5)34)32-25(39)19(10-9-11-30-27(28)29)13-22(36)20(14-23(37)38)31-26(40)21(12-15(2)3)33(7)18(6)35/h15-16,19-21,24H,8-14H2,1-7H3,(H,31,40)(H,32,39)(H,37,38)(H4,28,29,30)/t16?,19-,20+,21+,24+/m1/s1. The Bertz CT molecular complexity index is 932. The van der Waals surface area contributed by atoms with Gasteiger partial charge in [0.1, 0.15) is 6.04 Å². The quantitative estimate of drug-likeness (QED) is 0.0836. The molecule has 40 heavy (non-hydrogen) atoms. The summed E-state index contributed by atoms with van der Waals surface area (Å²) in [6.07, 6.45) is 0.372. The lowest BCUT2D eigenvalue weighted by molar-refractivity contribution is -0.143. The van der Waals surface area contributed by atoms with Gasteiger partial charge in [-0.05, 0) is 38.0 Å². The van der Waals surface area contributed by atoms with Crippen molar-refractivity contribution in [3.63, 3.8) is 0 Å². The van der Waals surface area contributed by atoms with E-state index in [1.165, 1.54) is 25.8 Å². The molecular formula is C27H48N6O7. The van der Waals surface area contributed by atoms with Crippen molar-refractivity contribution in [3.05, 3.63) is 0 Å². The minimum atomic E-state index is -1.42. The van der Waals surface area contributed by atoms with Crippen molar-refractivity contribution in [2.45, 2.75) is 98.2 Å². The normalized spacial score (nSPS) is 14.7. The van der Waals surface area contributed by atoms with E-state index in [-0.39, 0.29) is 48.9 Å². The topological polar surface area (TPSA) is 214 Å². The van der Waals surface area contributed by atoms with Crippen molar-refractivity contribution in [1.29, 1.82) is 0 Å². The fourth-order valence-corrected chi connectivity index (χ4v) is 4.20. The zero-order valence-corrected chi connectivity index (χ0v) is 24.9. The fraction of sp³-hybridized carbons (Fsp3) is 0.741. The van der Waals surface area contributed by atoms with Crippen molar-refractivity contribution in [2.24, 2.45) is 34.2 Å². The highest BCUT2D eigenvalue weighted by atomic mass is 16.4. The maximum absolute atomic E-state index is 13.4. The fourth-order valence-electron chi connectivity index (χ4n) is 4.20. The Kier molecular flexibility index (Phi) is 16.4. The van der Waals surface area contributed by atoms with Gasteiger partial charge in [-0.15, -0.1) is 0 Å². The third-order valence-corrected chi connectivity index (χ3v) is 6.82. The summed E-state index contributed by atoms with van der Waals surface area (Å²) in [7, 11) is 1.46. The number of likely N-dealkylation sites (N-methyl/N-ethyl adjacent to an activating group) is 1. The number of carbonyl (C=O) groups excluding carboxylic acids is 5. The molecule has 3 amide bonds. The average Bonchev–Trinajstić information content (AvgIpc) is 2.84. The highest BCUT2D eigenvalue weighted by molar-refractivity contribution is 5.97. The Morgan fingerprint density at radius 2 is 1.55 bits per heavy atom. The molecule has 0 saturated heterocycles. The minimum Gasteiger partial charge on any atom is -0.481 e. The van der Waals surface area contributed by atoms with E-state index in [0.29, 0.717) is 19.3 Å². The zero-order chi connectivity index (χ0) is 31.2. The zero-order valence-electron chi connectivity index (χ0n) is 24.9. The predicted molar refractivity (Wildman–Crippen MR) is 151 cm³/mol. The first kappa shape index (κ1) is 36.5. The highest BCUT2D eigenvalue weighted by Crippen LogP contribution is 2.18. The average molecular weight is 569 g/mol. The number of Topliss-reactive ketones (excluding diaryl/α,β-unsaturated/α-hetero) is 2. The van der Waals surface area contributed by atoms with Gasteiger partial charge in [-0.1, -0.05) is 34.1 Å². The SMILES string of the molecule is CCC(C)[C@H](NC(=O)[C@H](CCCN=C(N)N)CC(=O)[C@H](CC(=O)O)NC(=O)[C@H](CC(C)C)N(C)C(C)=O)C(C)=O. The number of aliphatic carboxylic acids is 1. The van der Waals surface area contributed by atoms with E-state index in [0.717, 1.165) is 0 Å². The first-order valence-electron chi connectivity index (χ1n) is 13.7. The number of nitrogens with one attached hydrogen (secondary N) is 2. The summed E-state index contributed by atoms with van der Waals surface area (Å²) < 4.78 is 0. The van der Waals surface area contributed by atoms with Gasteiger partial charge in [0.15, 0.2) is 17.5 Å². The van der Waals surface area contributed by atoms with Crippen LogP contribution in [0.2, 0.25) is 0 Å². The Hall–Kier alpha value is -3.51. The number of guanidine groups is 1. The molecule has 13 nitrogen and oxygen atoms in total. The van der Waals surface area contributed by atoms with Crippen LogP contribution in [0.4, 0.5) is 0 Å². The van der Waals surface area contributed by atoms with Crippen LogP contribution in [0.5, 0.6) is 0 Å². The molecule has 0 aromatic carbocycles. The summed E-state index contributed by atoms with van der Waals surface area (Å²) in [5, 5.41) is 14.7. The molecule has 7 N–H and O–H groups in total. The predicted octanol–water partition coefficient (Wildman–Crippen LogP) is 0.588. The van der Waals surface area contributed by atoms with Crippen LogP contribution >= 0.6 is 0 Å². The maximum atomic E-state index is 13.4. The van der Waals surface area contributed by atoms with Crippen LogP contribution in [0.1, 0.15) is 80.1 Å². The van der Waals surface area contributed by atoms with Gasteiger partial charge in [-0.3, -0.25) is 33.8 Å². The molecule has 0 aliphatic carbocycles. The van der Waals surface area contributed by atoms with E-state index in [4.69, 9.17) is 11.5 Å². The van der Waals surface area contributed by atoms with Crippen molar-refractivity contribution in [1.82, 2.24) is 15.5 Å². The van der Waals surface area contributed by atoms with Gasteiger partial charge in [-0.25, -0.2) is 0 Å². The van der Waals surface area contributed by atoms with E-state index >= 15 is 0 Å². The van der Waals surface area contributed by atoms with Crippen molar-refractivity contribution in [3.8, 4) is 0 Å². The summed E-state index contributed by atoms with van der Waals surface area (Å²) in [5.41, 5.74) is 10.7. The van der Waals surface area contributed by atoms with Gasteiger partial charge >= 0.3 is 5.97 Å². The Morgan fingerprint density at radius 3 is 2.00 bits per heavy atom. The highest BCUT2D eigenvalue weighted by Gasteiger charge is 2.34. The smallest absolute Gasteiger partial charge is 0.305 e. The van der Waals surface area contributed by atoms with Gasteiger partial charge in [0.05, 0.1) is 18.5 Å². The Morgan fingerprint density at radius 1 is 0.950 bits per heavy atom. The lowest BCUT2D eigenvalue weighted by Crippen LogP contribution is -2.53. The molecule has 0 fully saturated rings. The number of aliphatic imine (C=N–C) groups is 1. The number of hydrogen-bond acceptors (Lipinski definition) is 7. The lowest BCUT2D eigenvalue weighted by Gasteiger charge is -2.29. The molecule has 0 aromatic rings. The second kappa shape index (κ2) is 18.0. The molecule has 13 heteroatoms. The molecule has 0 aliphatic heterocycles.